The Bertz CT molecular complexity index is 252. The molecule has 0 aromatic heterocycles. The summed E-state index contributed by atoms with van der Waals surface area (Å²) in [5.74, 6) is -0.940. The maximum Gasteiger partial charge on any atom is 0.507 e. The topological polar surface area (TPSA) is 65.0 Å². The van der Waals surface area contributed by atoms with E-state index >= 15 is 0 Å². The number of carboxylic acid groups (broad SMARTS) is 1. The number of aliphatic carboxylic acids is 1. The lowest BCUT2D eigenvalue weighted by Crippen LogP contribution is -2.47. The molecule has 0 spiro atoms. The van der Waals surface area contributed by atoms with E-state index in [1.807, 2.05) is 6.92 Å². The summed E-state index contributed by atoms with van der Waals surface area (Å²) in [6, 6.07) is 0. The van der Waals surface area contributed by atoms with E-state index in [4.69, 9.17) is 18.4 Å². The van der Waals surface area contributed by atoms with E-state index in [1.165, 1.54) is 21.3 Å². The molecule has 0 radical (unpaired) electrons. The van der Waals surface area contributed by atoms with E-state index < -0.39 is 14.8 Å². The van der Waals surface area contributed by atoms with Crippen LogP contribution in [0.4, 0.5) is 0 Å². The van der Waals surface area contributed by atoms with Gasteiger partial charge in [-0.15, -0.1) is 0 Å². The van der Waals surface area contributed by atoms with Crippen LogP contribution in [0.5, 0.6) is 0 Å². The highest BCUT2D eigenvalue weighted by molar-refractivity contribution is 6.62. The largest absolute Gasteiger partial charge is 0.507 e. The second kappa shape index (κ2) is 6.80. The molecule has 0 aliphatic heterocycles. The van der Waals surface area contributed by atoms with Crippen molar-refractivity contribution in [3.63, 3.8) is 0 Å². The van der Waals surface area contributed by atoms with Crippen molar-refractivity contribution in [1.82, 2.24) is 0 Å². The van der Waals surface area contributed by atoms with Gasteiger partial charge in [0.25, 0.3) is 0 Å². The molecule has 94 valence electrons. The smallest absolute Gasteiger partial charge is 0.478 e. The van der Waals surface area contributed by atoms with Gasteiger partial charge < -0.3 is 18.4 Å². The molecule has 1 unspecified atom stereocenters. The van der Waals surface area contributed by atoms with Crippen LogP contribution in [0.1, 0.15) is 20.3 Å². The van der Waals surface area contributed by atoms with E-state index in [0.29, 0.717) is 6.42 Å². The first-order valence-corrected chi connectivity index (χ1v) is 6.84. The number of allylic oxidation sites excluding steroid dienone is 1. The van der Waals surface area contributed by atoms with Crippen LogP contribution in [0.2, 0.25) is 5.54 Å². The van der Waals surface area contributed by atoms with Crippen molar-refractivity contribution < 1.29 is 23.2 Å². The van der Waals surface area contributed by atoms with E-state index in [9.17, 15) is 4.79 Å². The van der Waals surface area contributed by atoms with Gasteiger partial charge in [-0.1, -0.05) is 13.0 Å². The summed E-state index contributed by atoms with van der Waals surface area (Å²) < 4.78 is 16.0. The zero-order chi connectivity index (χ0) is 12.8. The highest BCUT2D eigenvalue weighted by atomic mass is 28.4. The molecule has 0 rings (SSSR count). The van der Waals surface area contributed by atoms with Crippen LogP contribution in [0.15, 0.2) is 11.6 Å². The van der Waals surface area contributed by atoms with Crippen molar-refractivity contribution in [2.45, 2.75) is 25.8 Å². The first-order chi connectivity index (χ1) is 7.47. The van der Waals surface area contributed by atoms with Gasteiger partial charge in [0.15, 0.2) is 0 Å². The quantitative estimate of drug-likeness (QED) is 0.548. The van der Waals surface area contributed by atoms with Crippen molar-refractivity contribution in [3.05, 3.63) is 11.6 Å². The van der Waals surface area contributed by atoms with Crippen molar-refractivity contribution in [3.8, 4) is 0 Å². The third-order valence-corrected chi connectivity index (χ3v) is 5.73. The van der Waals surface area contributed by atoms with Crippen LogP contribution in [-0.2, 0) is 18.1 Å². The Morgan fingerprint density at radius 2 is 1.75 bits per heavy atom. The lowest BCUT2D eigenvalue weighted by Gasteiger charge is -2.30. The van der Waals surface area contributed by atoms with Gasteiger partial charge in [0.1, 0.15) is 0 Å². The second-order valence-electron chi connectivity index (χ2n) is 3.39. The summed E-state index contributed by atoms with van der Waals surface area (Å²) in [6.45, 7) is 3.49. The monoisotopic (exact) mass is 248 g/mol. The summed E-state index contributed by atoms with van der Waals surface area (Å²) in [5.41, 5.74) is 0.124. The lowest BCUT2D eigenvalue weighted by atomic mass is 10.2. The molecule has 0 bridgehead atoms. The normalized spacial score (nSPS) is 14.9. The Balaban J connectivity index is 5.10. The Labute approximate surface area is 97.4 Å². The van der Waals surface area contributed by atoms with Crippen LogP contribution in [-0.4, -0.2) is 41.2 Å². The molecule has 0 aliphatic carbocycles. The lowest BCUT2D eigenvalue weighted by molar-refractivity contribution is -0.132. The fourth-order valence-corrected chi connectivity index (χ4v) is 3.91. The summed E-state index contributed by atoms with van der Waals surface area (Å²) >= 11 is 0. The van der Waals surface area contributed by atoms with Gasteiger partial charge in [0.2, 0.25) is 0 Å². The van der Waals surface area contributed by atoms with Gasteiger partial charge in [0.05, 0.1) is 0 Å². The Hall–Kier alpha value is -0.693. The van der Waals surface area contributed by atoms with E-state index in [-0.39, 0.29) is 11.1 Å². The minimum absolute atomic E-state index is 0.149. The third kappa shape index (κ3) is 3.41. The molecule has 0 aromatic rings. The molecule has 0 aromatic carbocycles. The van der Waals surface area contributed by atoms with Crippen LogP contribution in [0, 0.1) is 0 Å². The molecule has 0 fully saturated rings. The average Bonchev–Trinajstić information content (AvgIpc) is 2.29. The Morgan fingerprint density at radius 1 is 1.31 bits per heavy atom. The molecule has 6 heteroatoms. The standard InChI is InChI=1S/C10H20O5Si/c1-6-9(7-8(2)10(11)12)16(13-3,14-4)15-5/h7,9H,6H2,1-5H3,(H,11,12)/b8-7+. The van der Waals surface area contributed by atoms with Gasteiger partial charge in [0, 0.05) is 32.4 Å². The fraction of sp³-hybridized carbons (Fsp3) is 0.700. The zero-order valence-corrected chi connectivity index (χ0v) is 11.4. The van der Waals surface area contributed by atoms with Crippen LogP contribution in [0.3, 0.4) is 0 Å². The highest BCUT2D eigenvalue weighted by Crippen LogP contribution is 2.29. The summed E-state index contributed by atoms with van der Waals surface area (Å²) in [7, 11) is 1.76. The average molecular weight is 248 g/mol. The highest BCUT2D eigenvalue weighted by Gasteiger charge is 2.45. The van der Waals surface area contributed by atoms with E-state index in [2.05, 4.69) is 0 Å². The number of hydrogen-bond acceptors (Lipinski definition) is 4. The molecular weight excluding hydrogens is 228 g/mol. The number of hydrogen-bond donors (Lipinski definition) is 1. The number of rotatable bonds is 7. The number of carbonyl (C=O) groups is 1. The van der Waals surface area contributed by atoms with Crippen molar-refractivity contribution in [2.75, 3.05) is 21.3 Å². The maximum absolute atomic E-state index is 10.8. The van der Waals surface area contributed by atoms with Gasteiger partial charge in [-0.05, 0) is 13.3 Å². The third-order valence-electron chi connectivity index (χ3n) is 2.54. The molecule has 1 N–H and O–H groups in total. The van der Waals surface area contributed by atoms with Gasteiger partial charge in [-0.2, -0.15) is 0 Å². The van der Waals surface area contributed by atoms with Crippen molar-refractivity contribution >= 4 is 14.8 Å². The Morgan fingerprint density at radius 3 is 2.00 bits per heavy atom. The van der Waals surface area contributed by atoms with Gasteiger partial charge >= 0.3 is 14.8 Å². The molecule has 5 nitrogen and oxygen atoms in total. The van der Waals surface area contributed by atoms with Crippen molar-refractivity contribution in [1.29, 1.82) is 0 Å². The van der Waals surface area contributed by atoms with E-state index in [0.717, 1.165) is 0 Å². The zero-order valence-electron chi connectivity index (χ0n) is 10.4. The second-order valence-corrected chi connectivity index (χ2v) is 6.56. The van der Waals surface area contributed by atoms with Crippen LogP contribution < -0.4 is 0 Å². The predicted octanol–water partition coefficient (Wildman–Crippen LogP) is 1.68. The van der Waals surface area contributed by atoms with Gasteiger partial charge in [-0.3, -0.25) is 0 Å². The summed E-state index contributed by atoms with van der Waals surface area (Å²) in [6.07, 6.45) is 2.34. The van der Waals surface area contributed by atoms with Crippen molar-refractivity contribution in [2.24, 2.45) is 0 Å². The SMILES string of the molecule is CCC(/C=C(\C)C(=O)O)[Si](OC)(OC)OC. The molecule has 16 heavy (non-hydrogen) atoms. The summed E-state index contributed by atoms with van der Waals surface area (Å²) in [4.78, 5) is 10.8. The van der Waals surface area contributed by atoms with Gasteiger partial charge in [-0.25, -0.2) is 4.79 Å². The fourth-order valence-electron chi connectivity index (χ4n) is 1.55. The molecule has 0 saturated heterocycles. The predicted molar refractivity (Wildman–Crippen MR) is 62.2 cm³/mol. The molecular formula is C10H20O5Si. The Kier molecular flexibility index (Phi) is 6.50. The van der Waals surface area contributed by atoms with E-state index in [1.54, 1.807) is 13.0 Å². The summed E-state index contributed by atoms with van der Waals surface area (Å²) in [5, 5.41) is 8.83. The number of carboxylic acids is 1. The van der Waals surface area contributed by atoms with Crippen LogP contribution in [0.25, 0.3) is 0 Å². The minimum Gasteiger partial charge on any atom is -0.478 e. The maximum atomic E-state index is 10.8. The molecule has 1 atom stereocenters. The first-order valence-electron chi connectivity index (χ1n) is 5.04. The van der Waals surface area contributed by atoms with Crippen LogP contribution >= 0.6 is 0 Å². The first kappa shape index (κ1) is 15.3. The minimum atomic E-state index is -2.80. The molecule has 0 amide bonds. The molecule has 0 heterocycles. The molecule has 0 aliphatic rings. The molecule has 0 saturated carbocycles.